The Bertz CT molecular complexity index is 785. The molecule has 2 rings (SSSR count). The van der Waals surface area contributed by atoms with Crippen LogP contribution in [0.25, 0.3) is 0 Å². The summed E-state index contributed by atoms with van der Waals surface area (Å²) in [5.41, 5.74) is 1.59. The van der Waals surface area contributed by atoms with Crippen molar-refractivity contribution in [3.63, 3.8) is 0 Å². The number of ether oxygens (including phenoxy) is 2. The number of benzene rings is 2. The number of anilines is 1. The first-order valence-electron chi connectivity index (χ1n) is 8.97. The summed E-state index contributed by atoms with van der Waals surface area (Å²) in [6.07, 6.45) is 0. The molecule has 0 aliphatic carbocycles. The van der Waals surface area contributed by atoms with Crippen LogP contribution in [0.3, 0.4) is 0 Å². The van der Waals surface area contributed by atoms with Crippen LogP contribution in [0.2, 0.25) is 0 Å². The van der Waals surface area contributed by atoms with Gasteiger partial charge in [-0.25, -0.2) is 0 Å². The number of rotatable bonds is 8. The molecule has 6 nitrogen and oxygen atoms in total. The zero-order valence-electron chi connectivity index (χ0n) is 16.2. The molecule has 2 aromatic carbocycles. The van der Waals surface area contributed by atoms with Crippen LogP contribution < -0.4 is 20.1 Å². The molecular weight excluding hydrogens is 344 g/mol. The van der Waals surface area contributed by atoms with Crippen molar-refractivity contribution >= 4 is 17.5 Å². The SMILES string of the molecule is CCOc1cc(C(=O)Nc2ccc(C(=O)NC)cc2)ccc1OCC(C)C. The summed E-state index contributed by atoms with van der Waals surface area (Å²) < 4.78 is 11.4. The molecule has 0 saturated carbocycles. The van der Waals surface area contributed by atoms with Gasteiger partial charge >= 0.3 is 0 Å². The molecule has 2 aromatic rings. The van der Waals surface area contributed by atoms with E-state index in [-0.39, 0.29) is 11.8 Å². The summed E-state index contributed by atoms with van der Waals surface area (Å²) in [6.45, 7) is 7.06. The van der Waals surface area contributed by atoms with E-state index in [4.69, 9.17) is 9.47 Å². The van der Waals surface area contributed by atoms with Crippen molar-refractivity contribution in [1.82, 2.24) is 5.32 Å². The fraction of sp³-hybridized carbons (Fsp3) is 0.333. The Morgan fingerprint density at radius 2 is 1.59 bits per heavy atom. The van der Waals surface area contributed by atoms with E-state index in [0.29, 0.717) is 47.4 Å². The summed E-state index contributed by atoms with van der Waals surface area (Å²) in [4.78, 5) is 24.1. The van der Waals surface area contributed by atoms with Crippen LogP contribution in [-0.4, -0.2) is 32.1 Å². The number of carbonyl (C=O) groups excluding carboxylic acids is 2. The lowest BCUT2D eigenvalue weighted by atomic mass is 10.1. The minimum Gasteiger partial charge on any atom is -0.490 e. The van der Waals surface area contributed by atoms with E-state index in [0.717, 1.165) is 0 Å². The van der Waals surface area contributed by atoms with E-state index < -0.39 is 0 Å². The van der Waals surface area contributed by atoms with Crippen LogP contribution in [0.4, 0.5) is 5.69 Å². The van der Waals surface area contributed by atoms with Gasteiger partial charge in [0, 0.05) is 23.9 Å². The predicted octanol–water partition coefficient (Wildman–Crippen LogP) is 3.73. The molecule has 0 radical (unpaired) electrons. The van der Waals surface area contributed by atoms with Gasteiger partial charge in [-0.3, -0.25) is 9.59 Å². The zero-order chi connectivity index (χ0) is 19.8. The third-order valence-corrected chi connectivity index (χ3v) is 3.71. The highest BCUT2D eigenvalue weighted by atomic mass is 16.5. The lowest BCUT2D eigenvalue weighted by Crippen LogP contribution is -2.18. The summed E-state index contributed by atoms with van der Waals surface area (Å²) in [6, 6.07) is 11.8. The summed E-state index contributed by atoms with van der Waals surface area (Å²) >= 11 is 0. The van der Waals surface area contributed by atoms with Gasteiger partial charge in [0.2, 0.25) is 0 Å². The van der Waals surface area contributed by atoms with Crippen molar-refractivity contribution in [2.24, 2.45) is 5.92 Å². The van der Waals surface area contributed by atoms with E-state index in [1.807, 2.05) is 6.92 Å². The molecule has 27 heavy (non-hydrogen) atoms. The maximum atomic E-state index is 12.5. The van der Waals surface area contributed by atoms with Crippen LogP contribution >= 0.6 is 0 Å². The fourth-order valence-corrected chi connectivity index (χ4v) is 2.35. The molecule has 0 saturated heterocycles. The molecule has 2 amide bonds. The molecule has 6 heteroatoms. The van der Waals surface area contributed by atoms with E-state index >= 15 is 0 Å². The smallest absolute Gasteiger partial charge is 0.255 e. The van der Waals surface area contributed by atoms with Gasteiger partial charge in [0.05, 0.1) is 13.2 Å². The average molecular weight is 370 g/mol. The largest absolute Gasteiger partial charge is 0.490 e. The molecule has 0 bridgehead atoms. The molecular formula is C21H26N2O4. The van der Waals surface area contributed by atoms with Gasteiger partial charge in [-0.1, -0.05) is 13.8 Å². The molecule has 0 aliphatic rings. The van der Waals surface area contributed by atoms with Crippen LogP contribution in [0.15, 0.2) is 42.5 Å². The Kier molecular flexibility index (Phi) is 7.23. The quantitative estimate of drug-likeness (QED) is 0.742. The van der Waals surface area contributed by atoms with Crippen LogP contribution in [0, 0.1) is 5.92 Å². The lowest BCUT2D eigenvalue weighted by molar-refractivity contribution is 0.0962. The van der Waals surface area contributed by atoms with Crippen molar-refractivity contribution in [3.8, 4) is 11.5 Å². The monoisotopic (exact) mass is 370 g/mol. The van der Waals surface area contributed by atoms with E-state index in [9.17, 15) is 9.59 Å². The van der Waals surface area contributed by atoms with Crippen LogP contribution in [-0.2, 0) is 0 Å². The second kappa shape index (κ2) is 9.62. The molecule has 0 heterocycles. The summed E-state index contributed by atoms with van der Waals surface area (Å²) in [5.74, 6) is 1.11. The Balaban J connectivity index is 2.13. The van der Waals surface area contributed by atoms with E-state index in [1.165, 1.54) is 0 Å². The second-order valence-electron chi connectivity index (χ2n) is 6.41. The van der Waals surface area contributed by atoms with Crippen molar-refractivity contribution in [3.05, 3.63) is 53.6 Å². The predicted molar refractivity (Wildman–Crippen MR) is 106 cm³/mol. The normalized spacial score (nSPS) is 10.4. The lowest BCUT2D eigenvalue weighted by Gasteiger charge is -2.14. The average Bonchev–Trinajstić information content (AvgIpc) is 2.67. The molecule has 2 N–H and O–H groups in total. The van der Waals surface area contributed by atoms with Gasteiger partial charge in [0.25, 0.3) is 11.8 Å². The first kappa shape index (κ1) is 20.3. The van der Waals surface area contributed by atoms with Gasteiger partial charge in [-0.05, 0) is 55.3 Å². The topological polar surface area (TPSA) is 76.7 Å². The Morgan fingerprint density at radius 1 is 0.926 bits per heavy atom. The summed E-state index contributed by atoms with van der Waals surface area (Å²) in [7, 11) is 1.57. The van der Waals surface area contributed by atoms with Crippen molar-refractivity contribution < 1.29 is 19.1 Å². The molecule has 144 valence electrons. The van der Waals surface area contributed by atoms with Gasteiger partial charge < -0.3 is 20.1 Å². The molecule has 0 aromatic heterocycles. The third-order valence-electron chi connectivity index (χ3n) is 3.71. The van der Waals surface area contributed by atoms with Crippen LogP contribution in [0.1, 0.15) is 41.5 Å². The third kappa shape index (κ3) is 5.74. The number of hydrogen-bond acceptors (Lipinski definition) is 4. The van der Waals surface area contributed by atoms with Gasteiger partial charge in [0.15, 0.2) is 11.5 Å². The number of amides is 2. The maximum Gasteiger partial charge on any atom is 0.255 e. The molecule has 0 atom stereocenters. The van der Waals surface area contributed by atoms with Gasteiger partial charge in [-0.2, -0.15) is 0 Å². The molecule has 0 fully saturated rings. The Labute approximate surface area is 159 Å². The van der Waals surface area contributed by atoms with Crippen molar-refractivity contribution in [2.45, 2.75) is 20.8 Å². The highest BCUT2D eigenvalue weighted by Gasteiger charge is 2.13. The molecule has 0 unspecified atom stereocenters. The van der Waals surface area contributed by atoms with E-state index in [2.05, 4.69) is 24.5 Å². The number of hydrogen-bond donors (Lipinski definition) is 2. The Hall–Kier alpha value is -3.02. The highest BCUT2D eigenvalue weighted by molar-refractivity contribution is 6.05. The maximum absolute atomic E-state index is 12.5. The van der Waals surface area contributed by atoms with Crippen LogP contribution in [0.5, 0.6) is 11.5 Å². The minimum absolute atomic E-state index is 0.175. The molecule has 0 spiro atoms. The van der Waals surface area contributed by atoms with Crippen molar-refractivity contribution in [2.75, 3.05) is 25.6 Å². The van der Waals surface area contributed by atoms with Gasteiger partial charge in [-0.15, -0.1) is 0 Å². The Morgan fingerprint density at radius 3 is 2.19 bits per heavy atom. The standard InChI is InChI=1S/C21H26N2O4/c1-5-26-19-12-16(8-11-18(19)27-13-14(2)3)21(25)23-17-9-6-15(7-10-17)20(24)22-4/h6-12,14H,5,13H2,1-4H3,(H,22,24)(H,23,25). The summed E-state index contributed by atoms with van der Waals surface area (Å²) in [5, 5.41) is 5.37. The molecule has 0 aliphatic heterocycles. The first-order valence-corrected chi connectivity index (χ1v) is 8.97. The van der Waals surface area contributed by atoms with Gasteiger partial charge in [0.1, 0.15) is 0 Å². The highest BCUT2D eigenvalue weighted by Crippen LogP contribution is 2.29. The fourth-order valence-electron chi connectivity index (χ4n) is 2.35. The van der Waals surface area contributed by atoms with Crippen molar-refractivity contribution in [1.29, 1.82) is 0 Å². The zero-order valence-corrected chi connectivity index (χ0v) is 16.2. The first-order chi connectivity index (χ1) is 12.9. The second-order valence-corrected chi connectivity index (χ2v) is 6.41. The number of carbonyl (C=O) groups is 2. The van der Waals surface area contributed by atoms with E-state index in [1.54, 1.807) is 49.5 Å². The minimum atomic E-state index is -0.265. The number of nitrogens with one attached hydrogen (secondary N) is 2.